The van der Waals surface area contributed by atoms with Crippen LogP contribution in [0.5, 0.6) is 0 Å². The fourth-order valence-corrected chi connectivity index (χ4v) is 2.39. The molecule has 0 saturated heterocycles. The number of hydrogen-bond acceptors (Lipinski definition) is 2. The second-order valence-electron chi connectivity index (χ2n) is 5.89. The molecule has 0 spiro atoms. The lowest BCUT2D eigenvalue weighted by molar-refractivity contribution is 0.182. The molecule has 0 radical (unpaired) electrons. The minimum absolute atomic E-state index is 0.382. The van der Waals surface area contributed by atoms with Crippen molar-refractivity contribution in [3.63, 3.8) is 0 Å². The Hall–Kier alpha value is -0.340. The summed E-state index contributed by atoms with van der Waals surface area (Å²) in [6.07, 6.45) is 4.82. The summed E-state index contributed by atoms with van der Waals surface area (Å²) in [4.78, 5) is 2.59. The van der Waals surface area contributed by atoms with Crippen LogP contribution in [0.25, 0.3) is 0 Å². The van der Waals surface area contributed by atoms with Gasteiger partial charge in [-0.05, 0) is 31.7 Å². The molecule has 0 aromatic heterocycles. The van der Waals surface area contributed by atoms with E-state index in [4.69, 9.17) is 0 Å². The first-order valence-corrected chi connectivity index (χ1v) is 6.62. The topological polar surface area (TPSA) is 15.3 Å². The molecule has 0 fully saturated rings. The molecule has 94 valence electrons. The normalized spacial score (nSPS) is 18.6. The predicted molar refractivity (Wildman–Crippen MR) is 71.8 cm³/mol. The van der Waals surface area contributed by atoms with Gasteiger partial charge in [0, 0.05) is 26.2 Å². The number of nitrogens with one attached hydrogen (secondary N) is 1. The fourth-order valence-electron chi connectivity index (χ4n) is 2.39. The van der Waals surface area contributed by atoms with E-state index in [-0.39, 0.29) is 0 Å². The first-order chi connectivity index (χ1) is 7.53. The maximum Gasteiger partial charge on any atom is 0.0190 e. The lowest BCUT2D eigenvalue weighted by Crippen LogP contribution is -2.42. The zero-order valence-electron chi connectivity index (χ0n) is 11.5. The van der Waals surface area contributed by atoms with Gasteiger partial charge in [0.05, 0.1) is 0 Å². The molecule has 0 amide bonds. The van der Waals surface area contributed by atoms with E-state index in [9.17, 15) is 0 Å². The highest BCUT2D eigenvalue weighted by atomic mass is 15.1. The van der Waals surface area contributed by atoms with E-state index in [0.717, 1.165) is 19.6 Å². The third-order valence-electron chi connectivity index (χ3n) is 3.09. The Morgan fingerprint density at radius 1 is 1.44 bits per heavy atom. The minimum atomic E-state index is 0.382. The lowest BCUT2D eigenvalue weighted by atomic mass is 9.91. The number of rotatable bonds is 6. The SMILES string of the molecule is CCCNCC(C)(C)CN1CCC=C(C)C1. The summed E-state index contributed by atoms with van der Waals surface area (Å²) < 4.78 is 0. The van der Waals surface area contributed by atoms with Gasteiger partial charge in [-0.25, -0.2) is 0 Å². The molecule has 1 N–H and O–H groups in total. The molecule has 1 rings (SSSR count). The molecule has 0 bridgehead atoms. The third-order valence-corrected chi connectivity index (χ3v) is 3.09. The second-order valence-corrected chi connectivity index (χ2v) is 5.89. The molecule has 0 unspecified atom stereocenters. The second kappa shape index (κ2) is 6.41. The Balaban J connectivity index is 2.31. The first kappa shape index (κ1) is 13.7. The van der Waals surface area contributed by atoms with Gasteiger partial charge < -0.3 is 5.32 Å². The van der Waals surface area contributed by atoms with Crippen LogP contribution in [0.2, 0.25) is 0 Å². The van der Waals surface area contributed by atoms with Crippen LogP contribution in [0, 0.1) is 5.41 Å². The molecule has 0 saturated carbocycles. The van der Waals surface area contributed by atoms with Crippen molar-refractivity contribution in [3.8, 4) is 0 Å². The van der Waals surface area contributed by atoms with Gasteiger partial charge in [-0.2, -0.15) is 0 Å². The van der Waals surface area contributed by atoms with Crippen LogP contribution in [-0.4, -0.2) is 37.6 Å². The van der Waals surface area contributed by atoms with Crippen LogP contribution in [-0.2, 0) is 0 Å². The summed E-state index contributed by atoms with van der Waals surface area (Å²) in [5.41, 5.74) is 1.91. The van der Waals surface area contributed by atoms with Crippen LogP contribution in [0.3, 0.4) is 0 Å². The summed E-state index contributed by atoms with van der Waals surface area (Å²) in [5, 5.41) is 3.53. The van der Waals surface area contributed by atoms with E-state index in [0.29, 0.717) is 5.41 Å². The van der Waals surface area contributed by atoms with Crippen molar-refractivity contribution < 1.29 is 0 Å². The van der Waals surface area contributed by atoms with Crippen LogP contribution < -0.4 is 5.32 Å². The van der Waals surface area contributed by atoms with Crippen molar-refractivity contribution in [2.24, 2.45) is 5.41 Å². The van der Waals surface area contributed by atoms with Crippen LogP contribution in [0.4, 0.5) is 0 Å². The molecule has 16 heavy (non-hydrogen) atoms. The van der Waals surface area contributed by atoms with Crippen molar-refractivity contribution >= 4 is 0 Å². The van der Waals surface area contributed by atoms with Crippen molar-refractivity contribution in [1.29, 1.82) is 0 Å². The van der Waals surface area contributed by atoms with Gasteiger partial charge in [-0.15, -0.1) is 0 Å². The van der Waals surface area contributed by atoms with Crippen molar-refractivity contribution in [2.75, 3.05) is 32.7 Å². The lowest BCUT2D eigenvalue weighted by Gasteiger charge is -2.34. The summed E-state index contributed by atoms with van der Waals surface area (Å²) in [7, 11) is 0. The van der Waals surface area contributed by atoms with Crippen molar-refractivity contribution in [3.05, 3.63) is 11.6 Å². The average molecular weight is 224 g/mol. The zero-order valence-corrected chi connectivity index (χ0v) is 11.5. The molecule has 0 aromatic rings. The van der Waals surface area contributed by atoms with Gasteiger partial charge in [0.25, 0.3) is 0 Å². The minimum Gasteiger partial charge on any atom is -0.316 e. The maximum absolute atomic E-state index is 3.53. The molecule has 1 heterocycles. The van der Waals surface area contributed by atoms with E-state index in [1.54, 1.807) is 0 Å². The number of hydrogen-bond donors (Lipinski definition) is 1. The molecule has 0 atom stereocenters. The van der Waals surface area contributed by atoms with Crippen molar-refractivity contribution in [1.82, 2.24) is 10.2 Å². The third kappa shape index (κ3) is 5.13. The van der Waals surface area contributed by atoms with Gasteiger partial charge in [0.1, 0.15) is 0 Å². The highest BCUT2D eigenvalue weighted by molar-refractivity contribution is 5.04. The summed E-state index contributed by atoms with van der Waals surface area (Å²) in [5.74, 6) is 0. The van der Waals surface area contributed by atoms with Crippen molar-refractivity contribution in [2.45, 2.75) is 40.5 Å². The highest BCUT2D eigenvalue weighted by Gasteiger charge is 2.22. The number of nitrogens with zero attached hydrogens (tertiary/aromatic N) is 1. The smallest absolute Gasteiger partial charge is 0.0190 e. The van der Waals surface area contributed by atoms with E-state index >= 15 is 0 Å². The molecule has 1 aliphatic rings. The Morgan fingerprint density at radius 3 is 2.81 bits per heavy atom. The van der Waals surface area contributed by atoms with Crippen LogP contribution >= 0.6 is 0 Å². The zero-order chi connectivity index (χ0) is 12.0. The Morgan fingerprint density at radius 2 is 2.19 bits per heavy atom. The molecule has 1 aliphatic heterocycles. The monoisotopic (exact) mass is 224 g/mol. The van der Waals surface area contributed by atoms with Gasteiger partial charge in [0.15, 0.2) is 0 Å². The Kier molecular flexibility index (Phi) is 5.50. The van der Waals surface area contributed by atoms with Crippen LogP contribution in [0.15, 0.2) is 11.6 Å². The fraction of sp³-hybridized carbons (Fsp3) is 0.857. The van der Waals surface area contributed by atoms with E-state index in [2.05, 4.69) is 44.0 Å². The highest BCUT2D eigenvalue weighted by Crippen LogP contribution is 2.19. The molecular formula is C14H28N2. The standard InChI is InChI=1S/C14H28N2/c1-5-8-15-11-14(3,4)12-16-9-6-7-13(2)10-16/h7,15H,5-6,8-12H2,1-4H3. The molecule has 2 nitrogen and oxygen atoms in total. The van der Waals surface area contributed by atoms with Crippen LogP contribution in [0.1, 0.15) is 40.5 Å². The molecule has 2 heteroatoms. The Bertz CT molecular complexity index is 231. The van der Waals surface area contributed by atoms with Gasteiger partial charge in [-0.3, -0.25) is 4.90 Å². The molecular weight excluding hydrogens is 196 g/mol. The molecule has 0 aromatic carbocycles. The predicted octanol–water partition coefficient (Wildman–Crippen LogP) is 2.66. The summed E-state index contributed by atoms with van der Waals surface area (Å²) in [6.45, 7) is 15.1. The quantitative estimate of drug-likeness (QED) is 0.551. The molecule has 0 aliphatic carbocycles. The maximum atomic E-state index is 3.53. The van der Waals surface area contributed by atoms with E-state index in [1.807, 2.05) is 0 Å². The summed E-state index contributed by atoms with van der Waals surface area (Å²) in [6, 6.07) is 0. The summed E-state index contributed by atoms with van der Waals surface area (Å²) >= 11 is 0. The Labute approximate surface area is 101 Å². The van der Waals surface area contributed by atoms with Gasteiger partial charge >= 0.3 is 0 Å². The van der Waals surface area contributed by atoms with Gasteiger partial charge in [-0.1, -0.05) is 32.4 Å². The largest absolute Gasteiger partial charge is 0.316 e. The van der Waals surface area contributed by atoms with Gasteiger partial charge in [0.2, 0.25) is 0 Å². The first-order valence-electron chi connectivity index (χ1n) is 6.62. The van der Waals surface area contributed by atoms with E-state index in [1.165, 1.54) is 31.5 Å². The average Bonchev–Trinajstić information content (AvgIpc) is 2.17. The van der Waals surface area contributed by atoms with E-state index < -0.39 is 0 Å².